The molecule has 1 rings (SSSR count). The van der Waals surface area contributed by atoms with E-state index in [2.05, 4.69) is 10.3 Å². The van der Waals surface area contributed by atoms with Gasteiger partial charge in [0.15, 0.2) is 0 Å². The van der Waals surface area contributed by atoms with Gasteiger partial charge in [-0.2, -0.15) is 0 Å². The Kier molecular flexibility index (Phi) is 6.53. The number of hydrogen-bond acceptors (Lipinski definition) is 4. The van der Waals surface area contributed by atoms with Crippen LogP contribution in [0.25, 0.3) is 0 Å². The van der Waals surface area contributed by atoms with Crippen LogP contribution in [0.5, 0.6) is 5.75 Å². The van der Waals surface area contributed by atoms with Crippen LogP contribution in [0.2, 0.25) is 0 Å². The number of methoxy groups -OCH3 is 1. The second-order valence-electron chi connectivity index (χ2n) is 3.53. The van der Waals surface area contributed by atoms with E-state index in [0.717, 1.165) is 37.6 Å². The minimum atomic E-state index is 0.715. The van der Waals surface area contributed by atoms with Crippen molar-refractivity contribution in [2.24, 2.45) is 0 Å². The zero-order valence-electron chi connectivity index (χ0n) is 10.0. The summed E-state index contributed by atoms with van der Waals surface area (Å²) < 4.78 is 10.5. The van der Waals surface area contributed by atoms with Crippen molar-refractivity contribution in [2.45, 2.75) is 13.3 Å². The predicted octanol–water partition coefficient (Wildman–Crippen LogP) is 1.39. The van der Waals surface area contributed by atoms with Gasteiger partial charge in [-0.05, 0) is 32.0 Å². The highest BCUT2D eigenvalue weighted by Crippen LogP contribution is 2.13. The SMILES string of the molecule is COCCNCCCOc1cccnc1C. The van der Waals surface area contributed by atoms with E-state index in [4.69, 9.17) is 9.47 Å². The van der Waals surface area contributed by atoms with Gasteiger partial charge in [-0.25, -0.2) is 0 Å². The molecule has 0 atom stereocenters. The molecule has 4 heteroatoms. The second-order valence-corrected chi connectivity index (χ2v) is 3.53. The molecule has 1 aromatic rings. The molecule has 0 aliphatic heterocycles. The number of ether oxygens (including phenoxy) is 2. The van der Waals surface area contributed by atoms with Crippen LogP contribution < -0.4 is 10.1 Å². The maximum Gasteiger partial charge on any atom is 0.140 e. The van der Waals surface area contributed by atoms with Crippen LogP contribution in [-0.4, -0.2) is 38.4 Å². The van der Waals surface area contributed by atoms with Gasteiger partial charge >= 0.3 is 0 Å². The van der Waals surface area contributed by atoms with Crippen LogP contribution in [0.1, 0.15) is 12.1 Å². The normalized spacial score (nSPS) is 10.4. The van der Waals surface area contributed by atoms with E-state index in [1.165, 1.54) is 0 Å². The lowest BCUT2D eigenvalue weighted by atomic mass is 10.3. The van der Waals surface area contributed by atoms with E-state index in [-0.39, 0.29) is 0 Å². The van der Waals surface area contributed by atoms with Gasteiger partial charge in [-0.1, -0.05) is 0 Å². The van der Waals surface area contributed by atoms with Gasteiger partial charge in [0.05, 0.1) is 18.9 Å². The van der Waals surface area contributed by atoms with Crippen molar-refractivity contribution in [1.29, 1.82) is 0 Å². The fourth-order valence-electron chi connectivity index (χ4n) is 1.30. The Morgan fingerprint density at radius 2 is 2.19 bits per heavy atom. The molecule has 0 saturated carbocycles. The summed E-state index contributed by atoms with van der Waals surface area (Å²) in [6.45, 7) is 5.26. The maximum atomic E-state index is 5.61. The minimum Gasteiger partial charge on any atom is -0.492 e. The first-order valence-corrected chi connectivity index (χ1v) is 5.58. The zero-order valence-corrected chi connectivity index (χ0v) is 10.0. The van der Waals surface area contributed by atoms with Crippen molar-refractivity contribution < 1.29 is 9.47 Å². The van der Waals surface area contributed by atoms with E-state index in [1.807, 2.05) is 19.1 Å². The average molecular weight is 224 g/mol. The van der Waals surface area contributed by atoms with E-state index in [9.17, 15) is 0 Å². The highest BCUT2D eigenvalue weighted by atomic mass is 16.5. The molecular weight excluding hydrogens is 204 g/mol. The molecule has 0 radical (unpaired) electrons. The number of hydrogen-bond donors (Lipinski definition) is 1. The molecule has 0 fully saturated rings. The maximum absolute atomic E-state index is 5.61. The van der Waals surface area contributed by atoms with Gasteiger partial charge in [0.25, 0.3) is 0 Å². The highest BCUT2D eigenvalue weighted by molar-refractivity contribution is 5.25. The third-order valence-electron chi connectivity index (χ3n) is 2.20. The van der Waals surface area contributed by atoms with E-state index in [0.29, 0.717) is 6.61 Å². The second kappa shape index (κ2) is 8.07. The zero-order chi connectivity index (χ0) is 11.6. The van der Waals surface area contributed by atoms with Crippen molar-refractivity contribution in [3.05, 3.63) is 24.0 Å². The first-order valence-electron chi connectivity index (χ1n) is 5.58. The molecule has 0 spiro atoms. The quantitative estimate of drug-likeness (QED) is 0.678. The molecule has 0 aliphatic rings. The Balaban J connectivity index is 2.05. The third kappa shape index (κ3) is 5.09. The molecule has 0 saturated heterocycles. The smallest absolute Gasteiger partial charge is 0.140 e. The molecule has 0 unspecified atom stereocenters. The van der Waals surface area contributed by atoms with Crippen LogP contribution in [0.3, 0.4) is 0 Å². The summed E-state index contributed by atoms with van der Waals surface area (Å²) in [4.78, 5) is 4.16. The third-order valence-corrected chi connectivity index (χ3v) is 2.20. The number of aryl methyl sites for hydroxylation is 1. The van der Waals surface area contributed by atoms with Gasteiger partial charge in [-0.3, -0.25) is 4.98 Å². The number of pyridine rings is 1. The van der Waals surface area contributed by atoms with Crippen LogP contribution in [0.15, 0.2) is 18.3 Å². The summed E-state index contributed by atoms with van der Waals surface area (Å²) in [6, 6.07) is 3.83. The molecule has 0 amide bonds. The van der Waals surface area contributed by atoms with Gasteiger partial charge in [0, 0.05) is 19.9 Å². The summed E-state index contributed by atoms with van der Waals surface area (Å²) in [6.07, 6.45) is 2.76. The Bertz CT molecular complexity index is 292. The van der Waals surface area contributed by atoms with Crippen LogP contribution in [0.4, 0.5) is 0 Å². The fraction of sp³-hybridized carbons (Fsp3) is 0.583. The van der Waals surface area contributed by atoms with E-state index < -0.39 is 0 Å². The van der Waals surface area contributed by atoms with E-state index in [1.54, 1.807) is 13.3 Å². The Morgan fingerprint density at radius 3 is 2.94 bits per heavy atom. The van der Waals surface area contributed by atoms with Crippen molar-refractivity contribution in [3.8, 4) is 5.75 Å². The summed E-state index contributed by atoms with van der Waals surface area (Å²) in [7, 11) is 1.70. The fourth-order valence-corrected chi connectivity index (χ4v) is 1.30. The molecule has 4 nitrogen and oxygen atoms in total. The van der Waals surface area contributed by atoms with Gasteiger partial charge in [-0.15, -0.1) is 0 Å². The Labute approximate surface area is 97.0 Å². The summed E-state index contributed by atoms with van der Waals surface area (Å²) in [5.41, 5.74) is 0.940. The lowest BCUT2D eigenvalue weighted by Gasteiger charge is -2.08. The van der Waals surface area contributed by atoms with Crippen LogP contribution in [-0.2, 0) is 4.74 Å². The number of aromatic nitrogens is 1. The first-order chi connectivity index (χ1) is 7.84. The van der Waals surface area contributed by atoms with Gasteiger partial charge in [0.2, 0.25) is 0 Å². The topological polar surface area (TPSA) is 43.4 Å². The molecule has 16 heavy (non-hydrogen) atoms. The summed E-state index contributed by atoms with van der Waals surface area (Å²) in [5, 5.41) is 3.27. The van der Waals surface area contributed by atoms with Gasteiger partial charge in [0.1, 0.15) is 5.75 Å². The van der Waals surface area contributed by atoms with Crippen molar-refractivity contribution in [1.82, 2.24) is 10.3 Å². The summed E-state index contributed by atoms with van der Waals surface area (Å²) in [5.74, 6) is 0.874. The largest absolute Gasteiger partial charge is 0.492 e. The van der Waals surface area contributed by atoms with Crippen molar-refractivity contribution in [2.75, 3.05) is 33.4 Å². The lowest BCUT2D eigenvalue weighted by molar-refractivity contribution is 0.198. The lowest BCUT2D eigenvalue weighted by Crippen LogP contribution is -2.21. The number of nitrogens with one attached hydrogen (secondary N) is 1. The van der Waals surface area contributed by atoms with Crippen molar-refractivity contribution in [3.63, 3.8) is 0 Å². The van der Waals surface area contributed by atoms with Crippen LogP contribution >= 0.6 is 0 Å². The van der Waals surface area contributed by atoms with E-state index >= 15 is 0 Å². The molecular formula is C12H20N2O2. The molecule has 1 N–H and O–H groups in total. The average Bonchev–Trinajstić information content (AvgIpc) is 2.30. The van der Waals surface area contributed by atoms with Crippen molar-refractivity contribution >= 4 is 0 Å². The molecule has 1 aromatic heterocycles. The predicted molar refractivity (Wildman–Crippen MR) is 63.8 cm³/mol. The highest BCUT2D eigenvalue weighted by Gasteiger charge is 1.97. The van der Waals surface area contributed by atoms with Crippen LogP contribution in [0, 0.1) is 6.92 Å². The monoisotopic (exact) mass is 224 g/mol. The number of rotatable bonds is 8. The number of nitrogens with zero attached hydrogens (tertiary/aromatic N) is 1. The molecule has 1 heterocycles. The molecule has 0 bridgehead atoms. The molecule has 0 aliphatic carbocycles. The molecule has 90 valence electrons. The Hall–Kier alpha value is -1.13. The summed E-state index contributed by atoms with van der Waals surface area (Å²) >= 11 is 0. The Morgan fingerprint density at radius 1 is 1.31 bits per heavy atom. The molecule has 0 aromatic carbocycles. The standard InChI is InChI=1S/C12H20N2O2/c1-11-12(5-3-7-14-11)16-9-4-6-13-8-10-15-2/h3,5,7,13H,4,6,8-10H2,1-2H3. The van der Waals surface area contributed by atoms with Gasteiger partial charge < -0.3 is 14.8 Å². The minimum absolute atomic E-state index is 0.715. The first kappa shape index (κ1) is 12.9.